The molecule has 0 fully saturated rings. The van der Waals surface area contributed by atoms with E-state index in [4.69, 9.17) is 39.5 Å². The Morgan fingerprint density at radius 1 is 1.00 bits per heavy atom. The summed E-state index contributed by atoms with van der Waals surface area (Å²) in [6.45, 7) is 0. The van der Waals surface area contributed by atoms with E-state index in [0.29, 0.717) is 20.8 Å². The van der Waals surface area contributed by atoms with E-state index in [1.165, 1.54) is 0 Å². The second-order valence-corrected chi connectivity index (χ2v) is 5.53. The van der Waals surface area contributed by atoms with Crippen LogP contribution in [0.4, 0.5) is 0 Å². The van der Waals surface area contributed by atoms with E-state index in [1.54, 1.807) is 25.3 Å². The van der Waals surface area contributed by atoms with Crippen molar-refractivity contribution in [2.24, 2.45) is 0 Å². The van der Waals surface area contributed by atoms with Gasteiger partial charge in [0.15, 0.2) is 0 Å². The molecule has 0 heterocycles. The molecule has 5 heteroatoms. The van der Waals surface area contributed by atoms with E-state index < -0.39 is 0 Å². The monoisotopic (exact) mass is 329 g/mol. The maximum atomic E-state index is 6.27. The fourth-order valence-electron chi connectivity index (χ4n) is 2.09. The SMILES string of the molecule is CNC(c1ccc(Cl)c(OC)c1)c1cc(Cl)ccc1Cl. The highest BCUT2D eigenvalue weighted by Gasteiger charge is 2.17. The molecule has 2 aromatic carbocycles. The van der Waals surface area contributed by atoms with E-state index in [2.05, 4.69) is 5.32 Å². The molecule has 0 amide bonds. The van der Waals surface area contributed by atoms with Gasteiger partial charge in [-0.15, -0.1) is 0 Å². The Morgan fingerprint density at radius 2 is 1.70 bits per heavy atom. The number of benzene rings is 2. The summed E-state index contributed by atoms with van der Waals surface area (Å²) in [4.78, 5) is 0. The van der Waals surface area contributed by atoms with Crippen LogP contribution in [0.25, 0.3) is 0 Å². The fourth-order valence-corrected chi connectivity index (χ4v) is 2.70. The molecule has 2 nitrogen and oxygen atoms in total. The van der Waals surface area contributed by atoms with Crippen LogP contribution in [0, 0.1) is 0 Å². The zero-order valence-corrected chi connectivity index (χ0v) is 13.4. The van der Waals surface area contributed by atoms with Crippen molar-refractivity contribution in [2.75, 3.05) is 14.2 Å². The molecule has 1 unspecified atom stereocenters. The van der Waals surface area contributed by atoms with Crippen molar-refractivity contribution in [3.8, 4) is 5.75 Å². The van der Waals surface area contributed by atoms with Gasteiger partial charge in [0.25, 0.3) is 0 Å². The van der Waals surface area contributed by atoms with Crippen LogP contribution >= 0.6 is 34.8 Å². The number of ether oxygens (including phenoxy) is 1. The van der Waals surface area contributed by atoms with Gasteiger partial charge in [0.2, 0.25) is 0 Å². The molecule has 0 saturated heterocycles. The van der Waals surface area contributed by atoms with Crippen molar-refractivity contribution in [2.45, 2.75) is 6.04 Å². The first-order valence-corrected chi connectivity index (χ1v) is 7.16. The van der Waals surface area contributed by atoms with Crippen LogP contribution in [0.2, 0.25) is 15.1 Å². The fraction of sp³-hybridized carbons (Fsp3) is 0.200. The van der Waals surface area contributed by atoms with Crippen molar-refractivity contribution in [3.63, 3.8) is 0 Å². The zero-order chi connectivity index (χ0) is 14.7. The van der Waals surface area contributed by atoms with Gasteiger partial charge < -0.3 is 10.1 Å². The predicted octanol–water partition coefficient (Wildman–Crippen LogP) is 4.96. The molecule has 2 aromatic rings. The second-order valence-electron chi connectivity index (χ2n) is 4.28. The minimum absolute atomic E-state index is 0.0904. The summed E-state index contributed by atoms with van der Waals surface area (Å²) >= 11 is 18.4. The molecule has 0 bridgehead atoms. The van der Waals surface area contributed by atoms with E-state index in [-0.39, 0.29) is 6.04 Å². The summed E-state index contributed by atoms with van der Waals surface area (Å²) in [5.41, 5.74) is 1.91. The van der Waals surface area contributed by atoms with Gasteiger partial charge in [0, 0.05) is 10.0 Å². The molecule has 0 aliphatic carbocycles. The van der Waals surface area contributed by atoms with Gasteiger partial charge in [0.05, 0.1) is 18.2 Å². The van der Waals surface area contributed by atoms with Gasteiger partial charge in [-0.25, -0.2) is 0 Å². The average molecular weight is 331 g/mol. The summed E-state index contributed by atoms with van der Waals surface area (Å²) in [5.74, 6) is 0.627. The molecular weight excluding hydrogens is 317 g/mol. The lowest BCUT2D eigenvalue weighted by atomic mass is 9.98. The number of halogens is 3. The molecule has 1 N–H and O–H groups in total. The Morgan fingerprint density at radius 3 is 2.35 bits per heavy atom. The molecule has 20 heavy (non-hydrogen) atoms. The first-order chi connectivity index (χ1) is 9.56. The lowest BCUT2D eigenvalue weighted by Crippen LogP contribution is -2.18. The number of hydrogen-bond donors (Lipinski definition) is 1. The third-order valence-corrected chi connectivity index (χ3v) is 3.96. The van der Waals surface area contributed by atoms with Crippen LogP contribution in [0.3, 0.4) is 0 Å². The molecule has 0 aliphatic heterocycles. The smallest absolute Gasteiger partial charge is 0.137 e. The molecular formula is C15H14Cl3NO. The zero-order valence-electron chi connectivity index (χ0n) is 11.1. The number of rotatable bonds is 4. The Bertz CT molecular complexity index is 616. The summed E-state index contributed by atoms with van der Waals surface area (Å²) in [6, 6.07) is 10.9. The van der Waals surface area contributed by atoms with Crippen LogP contribution in [0.1, 0.15) is 17.2 Å². The van der Waals surface area contributed by atoms with Gasteiger partial charge >= 0.3 is 0 Å². The van der Waals surface area contributed by atoms with Gasteiger partial charge in [-0.1, -0.05) is 40.9 Å². The van der Waals surface area contributed by atoms with Crippen molar-refractivity contribution < 1.29 is 4.74 Å². The molecule has 1 atom stereocenters. The van der Waals surface area contributed by atoms with Crippen molar-refractivity contribution in [1.82, 2.24) is 5.32 Å². The van der Waals surface area contributed by atoms with Gasteiger partial charge in [-0.05, 0) is 48.5 Å². The van der Waals surface area contributed by atoms with Crippen LogP contribution in [0.5, 0.6) is 5.75 Å². The van der Waals surface area contributed by atoms with E-state index >= 15 is 0 Å². The molecule has 0 aliphatic rings. The first-order valence-electron chi connectivity index (χ1n) is 6.02. The van der Waals surface area contributed by atoms with Crippen LogP contribution in [-0.2, 0) is 0 Å². The Kier molecular flexibility index (Phi) is 5.17. The Hall–Kier alpha value is -0.930. The van der Waals surface area contributed by atoms with Crippen LogP contribution in [-0.4, -0.2) is 14.2 Å². The third-order valence-electron chi connectivity index (χ3n) is 3.07. The largest absolute Gasteiger partial charge is 0.495 e. The number of nitrogens with one attached hydrogen (secondary N) is 1. The second kappa shape index (κ2) is 6.68. The highest BCUT2D eigenvalue weighted by atomic mass is 35.5. The maximum Gasteiger partial charge on any atom is 0.137 e. The van der Waals surface area contributed by atoms with Gasteiger partial charge in [-0.2, -0.15) is 0 Å². The summed E-state index contributed by atoms with van der Waals surface area (Å²) < 4.78 is 5.25. The lowest BCUT2D eigenvalue weighted by molar-refractivity contribution is 0.414. The molecule has 0 aromatic heterocycles. The minimum atomic E-state index is -0.0904. The van der Waals surface area contributed by atoms with E-state index in [0.717, 1.165) is 11.1 Å². The molecule has 0 radical (unpaired) electrons. The molecule has 106 valence electrons. The summed E-state index contributed by atoms with van der Waals surface area (Å²) in [7, 11) is 3.45. The van der Waals surface area contributed by atoms with Crippen LogP contribution < -0.4 is 10.1 Å². The Balaban J connectivity index is 2.49. The number of hydrogen-bond acceptors (Lipinski definition) is 2. The molecule has 2 rings (SSSR count). The topological polar surface area (TPSA) is 21.3 Å². The van der Waals surface area contributed by atoms with Crippen molar-refractivity contribution in [3.05, 3.63) is 62.6 Å². The average Bonchev–Trinajstić information content (AvgIpc) is 2.45. The quantitative estimate of drug-likeness (QED) is 0.855. The van der Waals surface area contributed by atoms with E-state index in [1.807, 2.05) is 25.2 Å². The van der Waals surface area contributed by atoms with Gasteiger partial charge in [-0.3, -0.25) is 0 Å². The van der Waals surface area contributed by atoms with Gasteiger partial charge in [0.1, 0.15) is 5.75 Å². The molecule has 0 saturated carbocycles. The predicted molar refractivity (Wildman–Crippen MR) is 85.4 cm³/mol. The molecule has 0 spiro atoms. The normalized spacial score (nSPS) is 12.2. The Labute approximate surface area is 133 Å². The van der Waals surface area contributed by atoms with E-state index in [9.17, 15) is 0 Å². The van der Waals surface area contributed by atoms with Crippen molar-refractivity contribution in [1.29, 1.82) is 0 Å². The maximum absolute atomic E-state index is 6.27. The summed E-state index contributed by atoms with van der Waals surface area (Å²) in [6.07, 6.45) is 0. The number of methoxy groups -OCH3 is 1. The minimum Gasteiger partial charge on any atom is -0.495 e. The third kappa shape index (κ3) is 3.21. The highest BCUT2D eigenvalue weighted by molar-refractivity contribution is 6.33. The standard InChI is InChI=1S/C15H14Cl3NO/c1-19-15(11-8-10(16)4-6-12(11)17)9-3-5-13(18)14(7-9)20-2/h3-8,15,19H,1-2H3. The highest BCUT2D eigenvalue weighted by Crippen LogP contribution is 2.34. The van der Waals surface area contributed by atoms with Crippen LogP contribution in [0.15, 0.2) is 36.4 Å². The first kappa shape index (κ1) is 15.5. The van der Waals surface area contributed by atoms with Crippen molar-refractivity contribution >= 4 is 34.8 Å². The summed E-state index contributed by atoms with van der Waals surface area (Å²) in [5, 5.41) is 5.10. The lowest BCUT2D eigenvalue weighted by Gasteiger charge is -2.20.